The summed E-state index contributed by atoms with van der Waals surface area (Å²) in [4.78, 5) is 6.40. The van der Waals surface area contributed by atoms with Gasteiger partial charge in [-0.2, -0.15) is 0 Å². The zero-order valence-electron chi connectivity index (χ0n) is 10.4. The van der Waals surface area contributed by atoms with Crippen LogP contribution < -0.4 is 11.3 Å². The zero-order valence-corrected chi connectivity index (χ0v) is 10.4. The van der Waals surface area contributed by atoms with Crippen LogP contribution in [-0.4, -0.2) is 35.2 Å². The average molecular weight is 238 g/mol. The van der Waals surface area contributed by atoms with Gasteiger partial charge in [0.15, 0.2) is 0 Å². The van der Waals surface area contributed by atoms with Crippen LogP contribution in [0.2, 0.25) is 0 Å². The highest BCUT2D eigenvalue weighted by atomic mass is 16.2. The van der Waals surface area contributed by atoms with Gasteiger partial charge in [0.05, 0.1) is 0 Å². The Balaban J connectivity index is 2.36. The summed E-state index contributed by atoms with van der Waals surface area (Å²) in [5.74, 6) is 6.14. The van der Waals surface area contributed by atoms with Gasteiger partial charge in [-0.25, -0.2) is 10.8 Å². The summed E-state index contributed by atoms with van der Waals surface area (Å²) in [6, 6.07) is 3.93. The molecule has 1 heterocycles. The number of anilines is 1. The third-order valence-corrected chi connectivity index (χ3v) is 2.67. The number of pyridine rings is 1. The number of nitrogens with two attached hydrogens (primary N) is 1. The second-order valence-corrected chi connectivity index (χ2v) is 4.18. The molecule has 1 rings (SSSR count). The molecule has 0 aromatic carbocycles. The van der Waals surface area contributed by atoms with Gasteiger partial charge in [-0.3, -0.25) is 0 Å². The number of hydrogen-bond acceptors (Lipinski definition) is 5. The summed E-state index contributed by atoms with van der Waals surface area (Å²) >= 11 is 0. The van der Waals surface area contributed by atoms with Gasteiger partial charge in [-0.05, 0) is 38.9 Å². The molecular weight excluding hydrogens is 216 g/mol. The van der Waals surface area contributed by atoms with Gasteiger partial charge in [0.1, 0.15) is 5.82 Å². The molecule has 5 nitrogen and oxygen atoms in total. The number of nitrogens with zero attached hydrogens (tertiary/aromatic N) is 2. The van der Waals surface area contributed by atoms with E-state index in [4.69, 9.17) is 10.9 Å². The lowest BCUT2D eigenvalue weighted by atomic mass is 10.2. The fourth-order valence-electron chi connectivity index (χ4n) is 1.74. The van der Waals surface area contributed by atoms with Gasteiger partial charge in [-0.15, -0.1) is 0 Å². The van der Waals surface area contributed by atoms with Crippen molar-refractivity contribution in [2.75, 3.05) is 25.6 Å². The lowest BCUT2D eigenvalue weighted by Crippen LogP contribution is -2.21. The number of aromatic nitrogens is 1. The Morgan fingerprint density at radius 1 is 1.41 bits per heavy atom. The van der Waals surface area contributed by atoms with Crippen molar-refractivity contribution in [2.24, 2.45) is 5.84 Å². The van der Waals surface area contributed by atoms with E-state index >= 15 is 0 Å². The standard InChI is InChI=1S/C12H22N4O/c1-16(8-3-2-4-9-17)10-11-6-5-7-14-12(11)15-13/h5-7,17H,2-4,8-10,13H2,1H3,(H,14,15). The lowest BCUT2D eigenvalue weighted by molar-refractivity contribution is 0.271. The summed E-state index contributed by atoms with van der Waals surface area (Å²) < 4.78 is 0. The van der Waals surface area contributed by atoms with E-state index in [2.05, 4.69) is 22.4 Å². The molecule has 0 unspecified atom stereocenters. The molecule has 0 aliphatic heterocycles. The van der Waals surface area contributed by atoms with Crippen molar-refractivity contribution in [3.05, 3.63) is 23.9 Å². The summed E-state index contributed by atoms with van der Waals surface area (Å²) in [6.07, 6.45) is 4.77. The number of unbranched alkanes of at least 4 members (excludes halogenated alkanes) is 2. The Kier molecular flexibility index (Phi) is 6.54. The molecule has 0 saturated heterocycles. The van der Waals surface area contributed by atoms with Gasteiger partial charge < -0.3 is 15.4 Å². The van der Waals surface area contributed by atoms with E-state index in [1.165, 1.54) is 0 Å². The second kappa shape index (κ2) is 8.00. The predicted octanol–water partition coefficient (Wildman–Crippen LogP) is 0.962. The van der Waals surface area contributed by atoms with Gasteiger partial charge in [0.25, 0.3) is 0 Å². The van der Waals surface area contributed by atoms with E-state index in [1.54, 1.807) is 6.20 Å². The topological polar surface area (TPSA) is 74.4 Å². The third kappa shape index (κ3) is 5.12. The second-order valence-electron chi connectivity index (χ2n) is 4.18. The van der Waals surface area contributed by atoms with Crippen LogP contribution in [0.4, 0.5) is 5.82 Å². The minimum absolute atomic E-state index is 0.285. The summed E-state index contributed by atoms with van der Waals surface area (Å²) in [5.41, 5.74) is 3.70. The first-order valence-corrected chi connectivity index (χ1v) is 5.98. The maximum absolute atomic E-state index is 8.69. The largest absolute Gasteiger partial charge is 0.396 e. The molecule has 0 fully saturated rings. The zero-order chi connectivity index (χ0) is 12.5. The predicted molar refractivity (Wildman–Crippen MR) is 69.3 cm³/mol. The van der Waals surface area contributed by atoms with Crippen LogP contribution in [0.5, 0.6) is 0 Å². The molecule has 17 heavy (non-hydrogen) atoms. The smallest absolute Gasteiger partial charge is 0.144 e. The van der Waals surface area contributed by atoms with E-state index in [0.29, 0.717) is 0 Å². The number of nitrogens with one attached hydrogen (secondary N) is 1. The van der Waals surface area contributed by atoms with E-state index in [9.17, 15) is 0 Å². The molecule has 0 amide bonds. The van der Waals surface area contributed by atoms with Crippen LogP contribution in [0.1, 0.15) is 24.8 Å². The normalized spacial score (nSPS) is 10.8. The fourth-order valence-corrected chi connectivity index (χ4v) is 1.74. The van der Waals surface area contributed by atoms with Crippen molar-refractivity contribution < 1.29 is 5.11 Å². The Bertz CT molecular complexity index is 319. The quantitative estimate of drug-likeness (QED) is 0.357. The van der Waals surface area contributed by atoms with E-state index in [0.717, 1.165) is 43.7 Å². The number of aliphatic hydroxyl groups excluding tert-OH is 1. The highest BCUT2D eigenvalue weighted by molar-refractivity contribution is 5.42. The Morgan fingerprint density at radius 2 is 2.24 bits per heavy atom. The van der Waals surface area contributed by atoms with Gasteiger partial charge in [0.2, 0.25) is 0 Å². The molecule has 4 N–H and O–H groups in total. The van der Waals surface area contributed by atoms with Crippen LogP contribution in [-0.2, 0) is 6.54 Å². The molecule has 0 aliphatic rings. The molecule has 1 aromatic heterocycles. The summed E-state index contributed by atoms with van der Waals surface area (Å²) in [7, 11) is 2.08. The summed E-state index contributed by atoms with van der Waals surface area (Å²) in [5, 5.41) is 8.69. The van der Waals surface area contributed by atoms with E-state index in [-0.39, 0.29) is 6.61 Å². The van der Waals surface area contributed by atoms with Crippen molar-refractivity contribution in [3.63, 3.8) is 0 Å². The third-order valence-electron chi connectivity index (χ3n) is 2.67. The Morgan fingerprint density at radius 3 is 2.94 bits per heavy atom. The molecule has 0 aliphatic carbocycles. The molecule has 0 atom stereocenters. The number of nitrogen functional groups attached to an aromatic ring is 1. The van der Waals surface area contributed by atoms with Crippen molar-refractivity contribution in [3.8, 4) is 0 Å². The lowest BCUT2D eigenvalue weighted by Gasteiger charge is -2.17. The number of rotatable bonds is 8. The SMILES string of the molecule is CN(CCCCCO)Cc1cccnc1NN. The van der Waals surface area contributed by atoms with Gasteiger partial charge in [0, 0.05) is 24.9 Å². The fraction of sp³-hybridized carbons (Fsp3) is 0.583. The van der Waals surface area contributed by atoms with E-state index in [1.807, 2.05) is 12.1 Å². The van der Waals surface area contributed by atoms with Crippen molar-refractivity contribution in [1.29, 1.82) is 0 Å². The number of hydrazine groups is 1. The molecular formula is C12H22N4O. The maximum Gasteiger partial charge on any atom is 0.144 e. The monoisotopic (exact) mass is 238 g/mol. The van der Waals surface area contributed by atoms with Crippen LogP contribution in [0.3, 0.4) is 0 Å². The van der Waals surface area contributed by atoms with Gasteiger partial charge in [-0.1, -0.05) is 6.07 Å². The van der Waals surface area contributed by atoms with Crippen molar-refractivity contribution in [2.45, 2.75) is 25.8 Å². The molecule has 0 saturated carbocycles. The van der Waals surface area contributed by atoms with Crippen LogP contribution in [0.25, 0.3) is 0 Å². The summed E-state index contributed by atoms with van der Waals surface area (Å²) in [6.45, 7) is 2.12. The molecule has 5 heteroatoms. The first-order chi connectivity index (χ1) is 8.27. The Hall–Kier alpha value is -1.17. The molecule has 1 aromatic rings. The van der Waals surface area contributed by atoms with Crippen LogP contribution >= 0.6 is 0 Å². The molecule has 0 spiro atoms. The highest BCUT2D eigenvalue weighted by Gasteiger charge is 2.05. The number of aliphatic hydroxyl groups is 1. The highest BCUT2D eigenvalue weighted by Crippen LogP contribution is 2.12. The van der Waals surface area contributed by atoms with Crippen LogP contribution in [0, 0.1) is 0 Å². The molecule has 0 bridgehead atoms. The molecule has 96 valence electrons. The van der Waals surface area contributed by atoms with Gasteiger partial charge >= 0.3 is 0 Å². The molecule has 0 radical (unpaired) electrons. The Labute approximate surface area is 103 Å². The van der Waals surface area contributed by atoms with E-state index < -0.39 is 0 Å². The minimum atomic E-state index is 0.285. The first kappa shape index (κ1) is 13.9. The van der Waals surface area contributed by atoms with Crippen molar-refractivity contribution in [1.82, 2.24) is 9.88 Å². The maximum atomic E-state index is 8.69. The number of hydrogen-bond donors (Lipinski definition) is 3. The van der Waals surface area contributed by atoms with Crippen molar-refractivity contribution >= 4 is 5.82 Å². The minimum Gasteiger partial charge on any atom is -0.396 e. The first-order valence-electron chi connectivity index (χ1n) is 5.98. The van der Waals surface area contributed by atoms with Crippen LogP contribution in [0.15, 0.2) is 18.3 Å². The average Bonchev–Trinajstić information content (AvgIpc) is 2.35.